The summed E-state index contributed by atoms with van der Waals surface area (Å²) in [4.78, 5) is 68.5. The summed E-state index contributed by atoms with van der Waals surface area (Å²) >= 11 is 0. The first-order valence-corrected chi connectivity index (χ1v) is 17.3. The summed E-state index contributed by atoms with van der Waals surface area (Å²) in [6.07, 6.45) is 1.83. The SMILES string of the molecule is CCCCOC(=O)N1CCN(C(=O)[C@@H](CCCP(=O)(O)O)NC(=O)c2cc(N3CC[C@H](OC)C3)cc(-c3ccccc3)n2)CC1. The van der Waals surface area contributed by atoms with Gasteiger partial charge >= 0.3 is 13.7 Å². The molecule has 1 aromatic heterocycles. The number of nitrogens with one attached hydrogen (secondary N) is 1. The predicted octanol–water partition coefficient (Wildman–Crippen LogP) is 3.11. The van der Waals surface area contributed by atoms with Crippen molar-refractivity contribution in [2.75, 3.05) is 64.0 Å². The lowest BCUT2D eigenvalue weighted by atomic mass is 10.1. The minimum Gasteiger partial charge on any atom is -0.449 e. The van der Waals surface area contributed by atoms with E-state index in [9.17, 15) is 28.7 Å². The molecular weight excluding hydrogens is 601 g/mol. The van der Waals surface area contributed by atoms with Crippen molar-refractivity contribution >= 4 is 31.2 Å². The van der Waals surface area contributed by atoms with Crippen molar-refractivity contribution in [3.63, 3.8) is 0 Å². The Morgan fingerprint density at radius 3 is 2.40 bits per heavy atom. The van der Waals surface area contributed by atoms with Crippen LogP contribution in [0.5, 0.6) is 0 Å². The molecule has 0 saturated carbocycles. The first kappa shape index (κ1) is 34.4. The zero-order valence-corrected chi connectivity index (χ0v) is 26.9. The summed E-state index contributed by atoms with van der Waals surface area (Å²) in [6, 6.07) is 12.1. The number of carbonyl (C=O) groups is 3. The van der Waals surface area contributed by atoms with Crippen LogP contribution in [-0.2, 0) is 18.8 Å². The van der Waals surface area contributed by atoms with E-state index in [0.29, 0.717) is 18.8 Å². The van der Waals surface area contributed by atoms with E-state index < -0.39 is 31.8 Å². The number of unbranched alkanes of at least 4 members (excludes halogenated alkanes) is 1. The van der Waals surface area contributed by atoms with Crippen molar-refractivity contribution in [3.05, 3.63) is 48.2 Å². The molecule has 2 saturated heterocycles. The van der Waals surface area contributed by atoms with Gasteiger partial charge in [0.2, 0.25) is 5.91 Å². The molecule has 2 aliphatic heterocycles. The van der Waals surface area contributed by atoms with Gasteiger partial charge in [0.05, 0.1) is 18.4 Å². The second kappa shape index (κ2) is 16.2. The van der Waals surface area contributed by atoms with Crippen molar-refractivity contribution in [1.82, 2.24) is 20.1 Å². The largest absolute Gasteiger partial charge is 0.449 e. The van der Waals surface area contributed by atoms with Crippen LogP contribution in [0, 0.1) is 0 Å². The zero-order chi connectivity index (χ0) is 32.4. The van der Waals surface area contributed by atoms with Crippen molar-refractivity contribution in [2.24, 2.45) is 0 Å². The third-order valence-electron chi connectivity index (χ3n) is 8.07. The number of hydrogen-bond donors (Lipinski definition) is 3. The van der Waals surface area contributed by atoms with Crippen molar-refractivity contribution in [2.45, 2.75) is 51.2 Å². The lowest BCUT2D eigenvalue weighted by Crippen LogP contribution is -2.56. The second-order valence-electron chi connectivity index (χ2n) is 11.4. The van der Waals surface area contributed by atoms with E-state index in [4.69, 9.17) is 9.47 Å². The van der Waals surface area contributed by atoms with Gasteiger partial charge in [-0.15, -0.1) is 0 Å². The summed E-state index contributed by atoms with van der Waals surface area (Å²) in [7, 11) is -2.62. The Balaban J connectivity index is 1.52. The van der Waals surface area contributed by atoms with E-state index in [0.717, 1.165) is 37.1 Å². The number of benzene rings is 1. The van der Waals surface area contributed by atoms with Crippen molar-refractivity contribution in [1.29, 1.82) is 0 Å². The van der Waals surface area contributed by atoms with Gasteiger partial charge in [0.15, 0.2) is 0 Å². The molecule has 0 aliphatic carbocycles. The molecular formula is C31H44N5O8P. The maximum Gasteiger partial charge on any atom is 0.409 e. The number of carbonyl (C=O) groups excluding carboxylic acids is 3. The number of amides is 3. The Kier molecular flexibility index (Phi) is 12.3. The molecule has 246 valence electrons. The van der Waals surface area contributed by atoms with E-state index in [2.05, 4.69) is 15.2 Å². The highest BCUT2D eigenvalue weighted by Gasteiger charge is 2.32. The molecule has 45 heavy (non-hydrogen) atoms. The smallest absolute Gasteiger partial charge is 0.409 e. The third-order valence-corrected chi connectivity index (χ3v) is 8.97. The van der Waals surface area contributed by atoms with Gasteiger partial charge in [0.25, 0.3) is 5.91 Å². The van der Waals surface area contributed by atoms with Gasteiger partial charge < -0.3 is 39.3 Å². The van der Waals surface area contributed by atoms with E-state index in [1.54, 1.807) is 23.0 Å². The standard InChI is InChI=1S/C31H44N5O8P/c1-3-4-18-44-31(39)35-16-14-34(15-17-35)30(38)26(11-8-19-45(40,41)42)33-29(37)28-21-24(36-13-12-25(22-36)43-2)20-27(32-28)23-9-6-5-7-10-23/h5-7,9-10,20-21,25-26H,3-4,8,11-19,22H2,1-2H3,(H,33,37)(H2,40,41,42)/t25-,26+/m0/s1. The molecule has 2 aromatic rings. The Labute approximate surface area is 264 Å². The summed E-state index contributed by atoms with van der Waals surface area (Å²) in [5.41, 5.74) is 2.36. The lowest BCUT2D eigenvalue weighted by molar-refractivity contribution is -0.135. The van der Waals surface area contributed by atoms with Crippen molar-refractivity contribution < 1.29 is 38.2 Å². The number of rotatable bonds is 13. The molecule has 3 heterocycles. The number of hydrogen-bond acceptors (Lipinski definition) is 8. The van der Waals surface area contributed by atoms with Gasteiger partial charge in [0, 0.05) is 63.8 Å². The molecule has 1 aromatic carbocycles. The van der Waals surface area contributed by atoms with Crippen LogP contribution in [0.2, 0.25) is 0 Å². The Morgan fingerprint density at radius 2 is 1.76 bits per heavy atom. The van der Waals surface area contributed by atoms with Gasteiger partial charge in [-0.2, -0.15) is 0 Å². The van der Waals surface area contributed by atoms with Gasteiger partial charge in [-0.25, -0.2) is 9.78 Å². The van der Waals surface area contributed by atoms with E-state index in [-0.39, 0.29) is 56.7 Å². The highest BCUT2D eigenvalue weighted by Crippen LogP contribution is 2.35. The monoisotopic (exact) mass is 645 g/mol. The number of aromatic nitrogens is 1. The van der Waals surface area contributed by atoms with Crippen LogP contribution in [0.4, 0.5) is 10.5 Å². The van der Waals surface area contributed by atoms with E-state index >= 15 is 0 Å². The quantitative estimate of drug-likeness (QED) is 0.218. The summed E-state index contributed by atoms with van der Waals surface area (Å²) in [6.45, 7) is 4.81. The predicted molar refractivity (Wildman–Crippen MR) is 169 cm³/mol. The fourth-order valence-electron chi connectivity index (χ4n) is 5.44. The van der Waals surface area contributed by atoms with Crippen molar-refractivity contribution in [3.8, 4) is 11.3 Å². The maximum atomic E-state index is 13.7. The number of nitrogens with zero attached hydrogens (tertiary/aromatic N) is 4. The summed E-state index contributed by atoms with van der Waals surface area (Å²) in [5.74, 6) is -0.945. The highest BCUT2D eigenvalue weighted by atomic mass is 31.2. The Bertz CT molecular complexity index is 1350. The molecule has 0 bridgehead atoms. The lowest BCUT2D eigenvalue weighted by Gasteiger charge is -2.36. The number of piperazine rings is 1. The molecule has 2 fully saturated rings. The third kappa shape index (κ3) is 9.99. The number of anilines is 1. The zero-order valence-electron chi connectivity index (χ0n) is 26.0. The second-order valence-corrected chi connectivity index (χ2v) is 13.2. The van der Waals surface area contributed by atoms with Crippen LogP contribution < -0.4 is 10.2 Å². The molecule has 0 unspecified atom stereocenters. The van der Waals surface area contributed by atoms with Crippen LogP contribution in [0.15, 0.2) is 42.5 Å². The molecule has 3 amide bonds. The normalized spacial score (nSPS) is 17.7. The van der Waals surface area contributed by atoms with Crippen LogP contribution in [-0.4, -0.2) is 114 Å². The number of methoxy groups -OCH3 is 1. The average molecular weight is 646 g/mol. The molecule has 0 radical (unpaired) electrons. The van der Waals surface area contributed by atoms with Gasteiger partial charge in [-0.05, 0) is 37.8 Å². The van der Waals surface area contributed by atoms with Crippen LogP contribution >= 0.6 is 7.60 Å². The summed E-state index contributed by atoms with van der Waals surface area (Å²) < 4.78 is 22.4. The molecule has 2 atom stereocenters. The Morgan fingerprint density at radius 1 is 1.04 bits per heavy atom. The summed E-state index contributed by atoms with van der Waals surface area (Å²) in [5, 5.41) is 2.81. The fourth-order valence-corrected chi connectivity index (χ4v) is 6.04. The van der Waals surface area contributed by atoms with E-state index in [1.165, 1.54) is 0 Å². The number of pyridine rings is 1. The van der Waals surface area contributed by atoms with E-state index in [1.807, 2.05) is 43.3 Å². The maximum absolute atomic E-state index is 13.7. The minimum atomic E-state index is -4.30. The molecule has 3 N–H and O–H groups in total. The van der Waals surface area contributed by atoms with Crippen LogP contribution in [0.1, 0.15) is 49.5 Å². The topological polar surface area (TPSA) is 162 Å². The molecule has 13 nitrogen and oxygen atoms in total. The Hall–Kier alpha value is -3.51. The fraction of sp³-hybridized carbons (Fsp3) is 0.548. The molecule has 4 rings (SSSR count). The first-order chi connectivity index (χ1) is 21.6. The van der Waals surface area contributed by atoms with Gasteiger partial charge in [-0.3, -0.25) is 14.2 Å². The van der Waals surface area contributed by atoms with Crippen LogP contribution in [0.3, 0.4) is 0 Å². The molecule has 2 aliphatic rings. The number of ether oxygens (including phenoxy) is 2. The minimum absolute atomic E-state index is 0.0274. The van der Waals surface area contributed by atoms with Gasteiger partial charge in [-0.1, -0.05) is 43.7 Å². The van der Waals surface area contributed by atoms with Crippen LogP contribution in [0.25, 0.3) is 11.3 Å². The first-order valence-electron chi connectivity index (χ1n) is 15.5. The average Bonchev–Trinajstić information content (AvgIpc) is 3.53. The van der Waals surface area contributed by atoms with Gasteiger partial charge in [0.1, 0.15) is 11.7 Å². The highest BCUT2D eigenvalue weighted by molar-refractivity contribution is 7.51. The molecule has 0 spiro atoms. The molecule has 14 heteroatoms.